The zero-order valence-corrected chi connectivity index (χ0v) is 19.9. The summed E-state index contributed by atoms with van der Waals surface area (Å²) < 4.78 is 13.0. The van der Waals surface area contributed by atoms with Crippen LogP contribution in [-0.2, 0) is 11.3 Å². The first-order valence-corrected chi connectivity index (χ1v) is 11.6. The second kappa shape index (κ2) is 12.5. The van der Waals surface area contributed by atoms with Gasteiger partial charge in [0.1, 0.15) is 5.75 Å². The second-order valence-electron chi connectivity index (χ2n) is 8.09. The summed E-state index contributed by atoms with van der Waals surface area (Å²) in [7, 11) is 1.70. The first-order valence-electron chi connectivity index (χ1n) is 11.6. The molecule has 2 heterocycles. The van der Waals surface area contributed by atoms with Crippen molar-refractivity contribution >= 4 is 5.96 Å². The van der Waals surface area contributed by atoms with Crippen molar-refractivity contribution in [3.63, 3.8) is 0 Å². The number of morpholine rings is 1. The van der Waals surface area contributed by atoms with E-state index in [-0.39, 0.29) is 6.04 Å². The fourth-order valence-corrected chi connectivity index (χ4v) is 4.00. The maximum Gasteiger partial charge on any atom is 0.191 e. The number of hydrogen-bond donors (Lipinski definition) is 2. The monoisotopic (exact) mass is 442 g/mol. The van der Waals surface area contributed by atoms with Gasteiger partial charge in [-0.15, -0.1) is 0 Å². The van der Waals surface area contributed by atoms with Crippen LogP contribution >= 0.6 is 0 Å². The molecule has 0 spiro atoms. The number of aliphatic imine (C=N–C) groups is 1. The molecule has 32 heavy (non-hydrogen) atoms. The number of guanidine groups is 1. The second-order valence-corrected chi connectivity index (χ2v) is 8.09. The molecule has 8 nitrogen and oxygen atoms in total. The molecule has 1 aromatic heterocycles. The van der Waals surface area contributed by atoms with Gasteiger partial charge in [-0.2, -0.15) is 5.10 Å². The number of nitrogens with zero attached hydrogens (tertiary/aromatic N) is 4. The van der Waals surface area contributed by atoms with E-state index >= 15 is 0 Å². The average molecular weight is 443 g/mol. The summed E-state index contributed by atoms with van der Waals surface area (Å²) in [4.78, 5) is 7.39. The van der Waals surface area contributed by atoms with Crippen molar-refractivity contribution in [3.8, 4) is 5.75 Å². The predicted octanol–water partition coefficient (Wildman–Crippen LogP) is 2.53. The Hall–Kier alpha value is -2.58. The van der Waals surface area contributed by atoms with Gasteiger partial charge in [-0.25, -0.2) is 0 Å². The molecule has 1 aliphatic rings. The number of methoxy groups -OCH3 is 1. The summed E-state index contributed by atoms with van der Waals surface area (Å²) in [5.74, 6) is 1.73. The van der Waals surface area contributed by atoms with Gasteiger partial charge in [0.2, 0.25) is 0 Å². The van der Waals surface area contributed by atoms with E-state index in [0.717, 1.165) is 69.8 Å². The molecule has 0 aliphatic carbocycles. The lowest BCUT2D eigenvalue weighted by Crippen LogP contribution is -2.42. The van der Waals surface area contributed by atoms with Crippen molar-refractivity contribution in [2.24, 2.45) is 4.99 Å². The summed E-state index contributed by atoms with van der Waals surface area (Å²) in [6, 6.07) is 10.6. The fourth-order valence-electron chi connectivity index (χ4n) is 4.00. The average Bonchev–Trinajstić information content (AvgIpc) is 3.14. The van der Waals surface area contributed by atoms with Gasteiger partial charge in [0, 0.05) is 38.4 Å². The minimum absolute atomic E-state index is 0.204. The topological polar surface area (TPSA) is 75.9 Å². The minimum atomic E-state index is 0.204. The molecule has 3 rings (SSSR count). The maximum absolute atomic E-state index is 5.57. The van der Waals surface area contributed by atoms with Gasteiger partial charge < -0.3 is 20.1 Å². The van der Waals surface area contributed by atoms with Gasteiger partial charge in [0.15, 0.2) is 5.96 Å². The summed E-state index contributed by atoms with van der Waals surface area (Å²) in [5, 5.41) is 11.4. The van der Waals surface area contributed by atoms with Gasteiger partial charge in [0.25, 0.3) is 0 Å². The van der Waals surface area contributed by atoms with Crippen LogP contribution in [0.2, 0.25) is 0 Å². The third-order valence-corrected chi connectivity index (χ3v) is 5.70. The van der Waals surface area contributed by atoms with Crippen LogP contribution in [0, 0.1) is 13.8 Å². The molecular formula is C24H38N6O2. The van der Waals surface area contributed by atoms with Crippen molar-refractivity contribution in [3.05, 3.63) is 47.3 Å². The lowest BCUT2D eigenvalue weighted by atomic mass is 10.0. The van der Waals surface area contributed by atoms with E-state index in [9.17, 15) is 0 Å². The number of rotatable bonds is 10. The molecular weight excluding hydrogens is 404 g/mol. The Kier molecular flexibility index (Phi) is 9.37. The lowest BCUT2D eigenvalue weighted by Gasteiger charge is -2.34. The molecule has 0 amide bonds. The molecule has 1 saturated heterocycles. The van der Waals surface area contributed by atoms with Crippen LogP contribution in [0.5, 0.6) is 5.75 Å². The molecule has 1 unspecified atom stereocenters. The molecule has 1 fully saturated rings. The Labute approximate surface area is 192 Å². The van der Waals surface area contributed by atoms with Crippen molar-refractivity contribution in [2.75, 3.05) is 53.0 Å². The maximum atomic E-state index is 5.57. The van der Waals surface area contributed by atoms with Crippen molar-refractivity contribution in [2.45, 2.75) is 39.8 Å². The quantitative estimate of drug-likeness (QED) is 0.335. The van der Waals surface area contributed by atoms with Gasteiger partial charge in [-0.05, 0) is 51.0 Å². The Morgan fingerprint density at radius 3 is 2.56 bits per heavy atom. The van der Waals surface area contributed by atoms with Gasteiger partial charge in [0.05, 0.1) is 38.6 Å². The van der Waals surface area contributed by atoms with Crippen LogP contribution in [0.3, 0.4) is 0 Å². The van der Waals surface area contributed by atoms with Crippen LogP contribution in [0.1, 0.15) is 36.3 Å². The van der Waals surface area contributed by atoms with Crippen LogP contribution in [0.25, 0.3) is 0 Å². The highest BCUT2D eigenvalue weighted by Gasteiger charge is 2.22. The van der Waals surface area contributed by atoms with E-state index < -0.39 is 0 Å². The minimum Gasteiger partial charge on any atom is -0.497 e. The van der Waals surface area contributed by atoms with E-state index in [1.807, 2.05) is 19.1 Å². The van der Waals surface area contributed by atoms with Crippen LogP contribution in [0.4, 0.5) is 0 Å². The fraction of sp³-hybridized carbons (Fsp3) is 0.583. The Balaban J connectivity index is 1.62. The Morgan fingerprint density at radius 2 is 1.94 bits per heavy atom. The van der Waals surface area contributed by atoms with E-state index in [0.29, 0.717) is 6.54 Å². The lowest BCUT2D eigenvalue weighted by molar-refractivity contribution is 0.0179. The molecule has 1 atom stereocenters. The number of aromatic nitrogens is 2. The summed E-state index contributed by atoms with van der Waals surface area (Å²) in [6.45, 7) is 12.8. The number of aryl methyl sites for hydroxylation is 3. The van der Waals surface area contributed by atoms with Gasteiger partial charge in [-0.1, -0.05) is 12.1 Å². The molecule has 8 heteroatoms. The third-order valence-electron chi connectivity index (χ3n) is 5.70. The SMILES string of the molecule is CCNC(=NCC(c1ccc(OC)cc1)N1CCOCC1)NCCCn1nc(C)cc1C. The van der Waals surface area contributed by atoms with Crippen molar-refractivity contribution in [1.82, 2.24) is 25.3 Å². The Morgan fingerprint density at radius 1 is 1.19 bits per heavy atom. The van der Waals surface area contributed by atoms with E-state index in [2.05, 4.69) is 57.4 Å². The summed E-state index contributed by atoms with van der Waals surface area (Å²) >= 11 is 0. The van der Waals surface area contributed by atoms with Gasteiger partial charge in [-0.3, -0.25) is 14.6 Å². The number of hydrogen-bond acceptors (Lipinski definition) is 5. The molecule has 1 aliphatic heterocycles. The molecule has 0 bridgehead atoms. The van der Waals surface area contributed by atoms with Crippen molar-refractivity contribution < 1.29 is 9.47 Å². The molecule has 2 N–H and O–H groups in total. The highest BCUT2D eigenvalue weighted by molar-refractivity contribution is 5.79. The zero-order valence-electron chi connectivity index (χ0n) is 19.9. The highest BCUT2D eigenvalue weighted by Crippen LogP contribution is 2.24. The smallest absolute Gasteiger partial charge is 0.191 e. The van der Waals surface area contributed by atoms with E-state index in [1.165, 1.54) is 11.3 Å². The number of ether oxygens (including phenoxy) is 2. The molecule has 0 saturated carbocycles. The molecule has 2 aromatic rings. The standard InChI is InChI=1S/C24H38N6O2/c1-5-25-24(26-11-6-12-30-20(3)17-19(2)28-30)27-18-23(29-13-15-32-16-14-29)21-7-9-22(31-4)10-8-21/h7-10,17,23H,5-6,11-16,18H2,1-4H3,(H2,25,26,27). The summed E-state index contributed by atoms with van der Waals surface area (Å²) in [5.41, 5.74) is 3.52. The first-order chi connectivity index (χ1) is 15.6. The molecule has 1 aromatic carbocycles. The highest BCUT2D eigenvalue weighted by atomic mass is 16.5. The van der Waals surface area contributed by atoms with E-state index in [4.69, 9.17) is 14.5 Å². The van der Waals surface area contributed by atoms with Crippen LogP contribution in [-0.4, -0.2) is 73.7 Å². The van der Waals surface area contributed by atoms with Crippen LogP contribution < -0.4 is 15.4 Å². The third kappa shape index (κ3) is 6.97. The largest absolute Gasteiger partial charge is 0.497 e. The predicted molar refractivity (Wildman–Crippen MR) is 128 cm³/mol. The summed E-state index contributed by atoms with van der Waals surface area (Å²) in [6.07, 6.45) is 0.984. The van der Waals surface area contributed by atoms with Gasteiger partial charge >= 0.3 is 0 Å². The first kappa shape index (κ1) is 24.1. The molecule has 176 valence electrons. The van der Waals surface area contributed by atoms with Crippen LogP contribution in [0.15, 0.2) is 35.3 Å². The van der Waals surface area contributed by atoms with E-state index in [1.54, 1.807) is 7.11 Å². The van der Waals surface area contributed by atoms with Crippen molar-refractivity contribution in [1.29, 1.82) is 0 Å². The Bertz CT molecular complexity index is 843. The number of nitrogens with one attached hydrogen (secondary N) is 2. The normalized spacial score (nSPS) is 16.1. The number of benzene rings is 1. The molecule has 0 radical (unpaired) electrons. The zero-order chi connectivity index (χ0) is 22.8.